The van der Waals surface area contributed by atoms with Gasteiger partial charge in [0, 0.05) is 46.1 Å². The molecule has 15 heteroatoms. The van der Waals surface area contributed by atoms with Crippen LogP contribution in [0.5, 0.6) is 17.2 Å². The van der Waals surface area contributed by atoms with Crippen LogP contribution in [0.3, 0.4) is 0 Å². The summed E-state index contributed by atoms with van der Waals surface area (Å²) in [7, 11) is 0. The van der Waals surface area contributed by atoms with Gasteiger partial charge in [0.15, 0.2) is 0 Å². The molecule has 0 aliphatic carbocycles. The Morgan fingerprint density at radius 1 is 0.500 bits per heavy atom. The van der Waals surface area contributed by atoms with Crippen molar-refractivity contribution in [2.24, 2.45) is 0 Å². The summed E-state index contributed by atoms with van der Waals surface area (Å²) in [6, 6.07) is 10.7. The van der Waals surface area contributed by atoms with Crippen molar-refractivity contribution in [3.63, 3.8) is 0 Å². The average molecular weight is 703 g/mol. The van der Waals surface area contributed by atoms with Crippen molar-refractivity contribution in [3.05, 3.63) is 53.6 Å². The van der Waals surface area contributed by atoms with Crippen LogP contribution in [0.15, 0.2) is 42.5 Å². The summed E-state index contributed by atoms with van der Waals surface area (Å²) in [6.45, 7) is 8.66. The average Bonchev–Trinajstić information content (AvgIpc) is 2.99. The van der Waals surface area contributed by atoms with E-state index in [-0.39, 0.29) is 49.9 Å². The Labute approximate surface area is 289 Å². The Kier molecular flexibility index (Phi) is 17.4. The molecule has 3 atom stereocenters. The van der Waals surface area contributed by atoms with E-state index in [1.165, 1.54) is 39.0 Å². The maximum Gasteiger partial charge on any atom is 0.513 e. The maximum absolute atomic E-state index is 12.4. The van der Waals surface area contributed by atoms with Crippen LogP contribution in [-0.4, -0.2) is 74.5 Å². The molecule has 0 saturated carbocycles. The van der Waals surface area contributed by atoms with Crippen LogP contribution in [0.4, 0.5) is 14.4 Å². The highest BCUT2D eigenvalue weighted by atomic mass is 16.7. The van der Waals surface area contributed by atoms with Crippen LogP contribution in [0.25, 0.3) is 12.2 Å². The third kappa shape index (κ3) is 18.1. The van der Waals surface area contributed by atoms with E-state index < -0.39 is 54.7 Å². The Hall–Kier alpha value is -5.60. The minimum absolute atomic E-state index is 0.00258. The predicted molar refractivity (Wildman–Crippen MR) is 175 cm³/mol. The first-order valence-electron chi connectivity index (χ1n) is 15.7. The van der Waals surface area contributed by atoms with Gasteiger partial charge < -0.3 is 42.6 Å². The molecule has 2 aromatic rings. The largest absolute Gasteiger partial charge is 0.513 e. The van der Waals surface area contributed by atoms with Gasteiger partial charge >= 0.3 is 36.4 Å². The number of hydrogen-bond acceptors (Lipinski definition) is 15. The number of rotatable bonds is 17. The third-order valence-electron chi connectivity index (χ3n) is 6.19. The molecular formula is C35H42O15. The highest BCUT2D eigenvalue weighted by Gasteiger charge is 2.15. The smallest absolute Gasteiger partial charge is 0.463 e. The predicted octanol–water partition coefficient (Wildman–Crippen LogP) is 6.43. The number of carbonyl (C=O) groups excluding carboxylic acids is 6. The molecule has 0 radical (unpaired) electrons. The van der Waals surface area contributed by atoms with Gasteiger partial charge in [-0.25, -0.2) is 14.4 Å². The lowest BCUT2D eigenvalue weighted by Crippen LogP contribution is -2.18. The summed E-state index contributed by atoms with van der Waals surface area (Å²) in [5.74, 6) is -1.14. The first-order valence-corrected chi connectivity index (χ1v) is 15.7. The summed E-state index contributed by atoms with van der Waals surface area (Å²) < 4.78 is 45.8. The lowest BCUT2D eigenvalue weighted by Gasteiger charge is -2.13. The van der Waals surface area contributed by atoms with Crippen molar-refractivity contribution in [2.45, 2.75) is 79.1 Å². The molecule has 272 valence electrons. The molecule has 0 aliphatic heterocycles. The van der Waals surface area contributed by atoms with Crippen LogP contribution < -0.4 is 14.2 Å². The van der Waals surface area contributed by atoms with E-state index in [1.807, 2.05) is 0 Å². The molecule has 0 fully saturated rings. The van der Waals surface area contributed by atoms with Crippen molar-refractivity contribution in [1.29, 1.82) is 0 Å². The Morgan fingerprint density at radius 2 is 0.840 bits per heavy atom. The molecule has 50 heavy (non-hydrogen) atoms. The molecule has 0 bridgehead atoms. The Morgan fingerprint density at radius 3 is 1.20 bits per heavy atom. The van der Waals surface area contributed by atoms with Gasteiger partial charge in [-0.2, -0.15) is 0 Å². The molecule has 0 spiro atoms. The molecule has 0 amide bonds. The molecule has 0 heterocycles. The van der Waals surface area contributed by atoms with Gasteiger partial charge in [-0.3, -0.25) is 14.4 Å². The zero-order chi connectivity index (χ0) is 37.1. The van der Waals surface area contributed by atoms with Gasteiger partial charge in [-0.05, 0) is 56.2 Å². The van der Waals surface area contributed by atoms with Gasteiger partial charge in [-0.15, -0.1) is 0 Å². The van der Waals surface area contributed by atoms with Gasteiger partial charge in [0.05, 0.1) is 19.8 Å². The van der Waals surface area contributed by atoms with Crippen LogP contribution in [0.2, 0.25) is 0 Å². The summed E-state index contributed by atoms with van der Waals surface area (Å²) >= 11 is 0. The topological polar surface area (TPSA) is 185 Å². The van der Waals surface area contributed by atoms with Gasteiger partial charge in [0.25, 0.3) is 0 Å². The molecule has 0 aliphatic rings. The highest BCUT2D eigenvalue weighted by Crippen LogP contribution is 2.26. The monoisotopic (exact) mass is 702 g/mol. The second-order valence-electron chi connectivity index (χ2n) is 10.9. The molecule has 0 aromatic heterocycles. The molecule has 0 unspecified atom stereocenters. The number of esters is 3. The summed E-state index contributed by atoms with van der Waals surface area (Å²) in [4.78, 5) is 69.8. The number of carbonyl (C=O) groups is 6. The van der Waals surface area contributed by atoms with E-state index in [1.54, 1.807) is 57.2 Å². The first kappa shape index (κ1) is 40.6. The Balaban J connectivity index is 2.07. The minimum atomic E-state index is -1.04. The second-order valence-corrected chi connectivity index (χ2v) is 10.9. The zero-order valence-electron chi connectivity index (χ0n) is 28.8. The highest BCUT2D eigenvalue weighted by molar-refractivity contribution is 5.74. The summed E-state index contributed by atoms with van der Waals surface area (Å²) in [5.41, 5.74) is 1.15. The lowest BCUT2D eigenvalue weighted by atomic mass is 10.1. The van der Waals surface area contributed by atoms with Crippen molar-refractivity contribution >= 4 is 48.5 Å². The van der Waals surface area contributed by atoms with Crippen molar-refractivity contribution in [1.82, 2.24) is 0 Å². The summed E-state index contributed by atoms with van der Waals surface area (Å²) in [5, 5.41) is 0. The molecular weight excluding hydrogens is 660 g/mol. The fraction of sp³-hybridized carbons (Fsp3) is 0.429. The number of ether oxygens (including phenoxy) is 9. The molecule has 2 aromatic carbocycles. The number of hydrogen-bond donors (Lipinski definition) is 0. The van der Waals surface area contributed by atoms with Gasteiger partial charge in [0.1, 0.15) is 35.6 Å². The zero-order valence-corrected chi connectivity index (χ0v) is 28.8. The van der Waals surface area contributed by atoms with Crippen molar-refractivity contribution in [2.75, 3.05) is 19.8 Å². The molecule has 0 N–H and O–H groups in total. The van der Waals surface area contributed by atoms with Crippen molar-refractivity contribution in [3.8, 4) is 17.2 Å². The van der Waals surface area contributed by atoms with E-state index in [2.05, 4.69) is 0 Å². The van der Waals surface area contributed by atoms with E-state index in [4.69, 9.17) is 42.6 Å². The SMILES string of the molecule is CC(=O)O[C@H](C)CCOC(=O)Oc1ccc(/C=C/c2cc(OC(=O)OCC[C@@H](C)OC(C)=O)cc(OC(=O)OCC[C@@H](C)OC(C)=O)c2)cc1. The fourth-order valence-electron chi connectivity index (χ4n) is 3.98. The minimum Gasteiger partial charge on any atom is -0.463 e. The lowest BCUT2D eigenvalue weighted by molar-refractivity contribution is -0.147. The van der Waals surface area contributed by atoms with E-state index >= 15 is 0 Å². The van der Waals surface area contributed by atoms with Crippen molar-refractivity contribution < 1.29 is 71.4 Å². The maximum atomic E-state index is 12.4. The summed E-state index contributed by atoms with van der Waals surface area (Å²) in [6.07, 6.45) is -0.200. The first-order chi connectivity index (χ1) is 23.7. The molecule has 2 rings (SSSR count). The van der Waals surface area contributed by atoms with Crippen LogP contribution in [0, 0.1) is 0 Å². The van der Waals surface area contributed by atoms with Crippen LogP contribution in [0.1, 0.15) is 71.9 Å². The number of benzene rings is 2. The molecule has 0 saturated heterocycles. The van der Waals surface area contributed by atoms with Crippen LogP contribution in [-0.2, 0) is 42.8 Å². The third-order valence-corrected chi connectivity index (χ3v) is 6.19. The van der Waals surface area contributed by atoms with E-state index in [0.29, 0.717) is 17.5 Å². The van der Waals surface area contributed by atoms with Gasteiger partial charge in [0.2, 0.25) is 0 Å². The standard InChI is InChI=1S/C35H42O15/c1-22(45-25(4)36)13-16-42-33(39)48-30-11-9-28(10-12-30)7-8-29-19-31(49-34(40)43-17-14-23(2)46-26(5)37)21-32(20-29)50-35(41)44-18-15-24(3)47-27(6)38/h7-12,19-24H,13-18H2,1-6H3/b8-7+/t22-,23-,24-/m1/s1. The fourth-order valence-corrected chi connectivity index (χ4v) is 3.98. The second kappa shape index (κ2) is 21.4. The normalized spacial score (nSPS) is 12.4. The van der Waals surface area contributed by atoms with Crippen LogP contribution >= 0.6 is 0 Å². The Bertz CT molecular complexity index is 1420. The quantitative estimate of drug-likeness (QED) is 0.0759. The van der Waals surface area contributed by atoms with Gasteiger partial charge in [-0.1, -0.05) is 24.3 Å². The molecule has 15 nitrogen and oxygen atoms in total. The van der Waals surface area contributed by atoms with E-state index in [0.717, 1.165) is 0 Å². The van der Waals surface area contributed by atoms with E-state index in [9.17, 15) is 28.8 Å².